The van der Waals surface area contributed by atoms with Gasteiger partial charge in [0.1, 0.15) is 12.4 Å². The highest BCUT2D eigenvalue weighted by Gasteiger charge is 2.19. The number of alkyl halides is 2. The van der Waals surface area contributed by atoms with E-state index in [0.717, 1.165) is 16.3 Å². The summed E-state index contributed by atoms with van der Waals surface area (Å²) in [6.45, 7) is -0.180. The number of nitrogens with zero attached hydrogens (tertiary/aromatic N) is 4. The molecule has 2 N–H and O–H groups in total. The number of ketones is 1. The van der Waals surface area contributed by atoms with Gasteiger partial charge in [0.05, 0.1) is 11.8 Å². The van der Waals surface area contributed by atoms with Crippen molar-refractivity contribution in [2.75, 3.05) is 6.54 Å². The van der Waals surface area contributed by atoms with Crippen LogP contribution in [0.25, 0.3) is 11.4 Å². The zero-order chi connectivity index (χ0) is 19.4. The van der Waals surface area contributed by atoms with E-state index in [4.69, 9.17) is 5.73 Å². The van der Waals surface area contributed by atoms with Crippen molar-refractivity contribution in [2.24, 2.45) is 5.73 Å². The fraction of sp³-hybridized carbons (Fsp3) is 0.222. The molecule has 0 spiro atoms. The summed E-state index contributed by atoms with van der Waals surface area (Å²) >= 11 is 0. The van der Waals surface area contributed by atoms with E-state index in [-0.39, 0.29) is 17.0 Å². The van der Waals surface area contributed by atoms with Gasteiger partial charge in [0, 0.05) is 29.7 Å². The molecule has 2 heterocycles. The van der Waals surface area contributed by atoms with Crippen LogP contribution in [-0.4, -0.2) is 38.5 Å². The van der Waals surface area contributed by atoms with Crippen LogP contribution in [0, 0.1) is 5.82 Å². The van der Waals surface area contributed by atoms with Crippen molar-refractivity contribution in [3.8, 4) is 11.4 Å². The minimum absolute atomic E-state index is 0.0261. The second-order valence-electron chi connectivity index (χ2n) is 5.81. The molecule has 0 unspecified atom stereocenters. The van der Waals surface area contributed by atoms with Gasteiger partial charge in [-0.05, 0) is 36.7 Å². The van der Waals surface area contributed by atoms with Crippen LogP contribution in [0.15, 0.2) is 43.0 Å². The van der Waals surface area contributed by atoms with Crippen LogP contribution in [0.1, 0.15) is 21.5 Å². The Bertz CT molecular complexity index is 940. The number of rotatable bonds is 7. The second kappa shape index (κ2) is 8.09. The van der Waals surface area contributed by atoms with Gasteiger partial charge in [0.15, 0.2) is 11.6 Å². The van der Waals surface area contributed by atoms with Crippen molar-refractivity contribution < 1.29 is 18.0 Å². The first-order valence-electron chi connectivity index (χ1n) is 8.14. The Balaban J connectivity index is 1.96. The summed E-state index contributed by atoms with van der Waals surface area (Å²) in [5.74, 6) is -0.916. The fourth-order valence-corrected chi connectivity index (χ4v) is 2.57. The third kappa shape index (κ3) is 4.37. The standard InChI is InChI=1S/C18H16F3N5O/c19-13-1-2-14(18-23-6-11(3-4-22)7-24-18)15(5-13)17(27)12-8-25-26(9-12)10-16(20)21/h1-2,5-9,16H,3-4,10,22H2. The van der Waals surface area contributed by atoms with Gasteiger partial charge in [-0.15, -0.1) is 0 Å². The maximum absolute atomic E-state index is 13.8. The van der Waals surface area contributed by atoms with Crippen molar-refractivity contribution >= 4 is 5.78 Å². The van der Waals surface area contributed by atoms with Crippen molar-refractivity contribution in [3.05, 3.63) is 65.5 Å². The smallest absolute Gasteiger partial charge is 0.257 e. The monoisotopic (exact) mass is 375 g/mol. The van der Waals surface area contributed by atoms with Gasteiger partial charge in [0.2, 0.25) is 0 Å². The Kier molecular flexibility index (Phi) is 5.60. The highest BCUT2D eigenvalue weighted by atomic mass is 19.3. The summed E-state index contributed by atoms with van der Waals surface area (Å²) in [7, 11) is 0. The Hall–Kier alpha value is -3.07. The average Bonchev–Trinajstić information content (AvgIpc) is 3.10. The summed E-state index contributed by atoms with van der Waals surface area (Å²) < 4.78 is 39.6. The fourth-order valence-electron chi connectivity index (χ4n) is 2.57. The normalized spacial score (nSPS) is 11.1. The highest BCUT2D eigenvalue weighted by molar-refractivity contribution is 6.12. The summed E-state index contributed by atoms with van der Waals surface area (Å²) in [4.78, 5) is 21.2. The molecule has 140 valence electrons. The van der Waals surface area contributed by atoms with Gasteiger partial charge < -0.3 is 5.73 Å². The minimum Gasteiger partial charge on any atom is -0.330 e. The molecule has 0 radical (unpaired) electrons. The minimum atomic E-state index is -2.60. The zero-order valence-corrected chi connectivity index (χ0v) is 14.1. The number of carbonyl (C=O) groups is 1. The molecule has 3 rings (SSSR count). The molecule has 0 amide bonds. The molecule has 0 saturated carbocycles. The number of aromatic nitrogens is 4. The Morgan fingerprint density at radius 2 is 1.93 bits per heavy atom. The number of hydrogen-bond donors (Lipinski definition) is 1. The summed E-state index contributed by atoms with van der Waals surface area (Å²) in [5.41, 5.74) is 6.76. The van der Waals surface area contributed by atoms with Crippen molar-refractivity contribution in [1.29, 1.82) is 0 Å². The van der Waals surface area contributed by atoms with Crippen LogP contribution in [0.5, 0.6) is 0 Å². The van der Waals surface area contributed by atoms with E-state index in [1.165, 1.54) is 24.5 Å². The number of nitrogens with two attached hydrogens (primary N) is 1. The lowest BCUT2D eigenvalue weighted by molar-refractivity contribution is 0.103. The van der Waals surface area contributed by atoms with Gasteiger partial charge >= 0.3 is 0 Å². The summed E-state index contributed by atoms with van der Waals surface area (Å²) in [6, 6.07) is 3.67. The van der Waals surface area contributed by atoms with Crippen LogP contribution in [0.4, 0.5) is 13.2 Å². The van der Waals surface area contributed by atoms with Crippen LogP contribution >= 0.6 is 0 Å². The molecule has 0 bridgehead atoms. The van der Waals surface area contributed by atoms with E-state index in [2.05, 4.69) is 15.1 Å². The predicted octanol–water partition coefficient (Wildman–Crippen LogP) is 2.48. The second-order valence-corrected chi connectivity index (χ2v) is 5.81. The van der Waals surface area contributed by atoms with Gasteiger partial charge in [0.25, 0.3) is 6.43 Å². The van der Waals surface area contributed by atoms with E-state index in [1.807, 2.05) is 0 Å². The molecule has 0 aliphatic carbocycles. The molecule has 0 fully saturated rings. The number of halogens is 3. The highest BCUT2D eigenvalue weighted by Crippen LogP contribution is 2.24. The molecule has 6 nitrogen and oxygen atoms in total. The summed E-state index contributed by atoms with van der Waals surface area (Å²) in [5, 5.41) is 3.74. The van der Waals surface area contributed by atoms with E-state index < -0.39 is 24.6 Å². The predicted molar refractivity (Wildman–Crippen MR) is 91.8 cm³/mol. The Labute approximate surface area is 152 Å². The number of carbonyl (C=O) groups excluding carboxylic acids is 1. The SMILES string of the molecule is NCCc1cnc(-c2ccc(F)cc2C(=O)c2cnn(CC(F)F)c2)nc1. The van der Waals surface area contributed by atoms with E-state index in [1.54, 1.807) is 12.4 Å². The molecule has 2 aromatic heterocycles. The maximum atomic E-state index is 13.8. The topological polar surface area (TPSA) is 86.7 Å². The molecule has 3 aromatic rings. The van der Waals surface area contributed by atoms with Gasteiger partial charge in [-0.1, -0.05) is 0 Å². The van der Waals surface area contributed by atoms with Crippen LogP contribution in [-0.2, 0) is 13.0 Å². The lowest BCUT2D eigenvalue weighted by atomic mass is 9.99. The first kappa shape index (κ1) is 18.7. The molecule has 0 saturated heterocycles. The molecule has 9 heteroatoms. The maximum Gasteiger partial charge on any atom is 0.257 e. The van der Waals surface area contributed by atoms with Crippen molar-refractivity contribution in [1.82, 2.24) is 19.7 Å². The third-order valence-corrected chi connectivity index (χ3v) is 3.83. The van der Waals surface area contributed by atoms with Crippen molar-refractivity contribution in [2.45, 2.75) is 19.4 Å². The van der Waals surface area contributed by atoms with Gasteiger partial charge in [-0.2, -0.15) is 5.10 Å². The Morgan fingerprint density at radius 3 is 2.59 bits per heavy atom. The van der Waals surface area contributed by atoms with E-state index >= 15 is 0 Å². The van der Waals surface area contributed by atoms with E-state index in [0.29, 0.717) is 18.5 Å². The molecular formula is C18H16F3N5O. The number of hydrogen-bond acceptors (Lipinski definition) is 5. The molecule has 27 heavy (non-hydrogen) atoms. The van der Waals surface area contributed by atoms with Gasteiger partial charge in [-0.25, -0.2) is 23.1 Å². The zero-order valence-electron chi connectivity index (χ0n) is 14.1. The summed E-state index contributed by atoms with van der Waals surface area (Å²) in [6.07, 6.45) is 3.57. The Morgan fingerprint density at radius 1 is 1.19 bits per heavy atom. The lowest BCUT2D eigenvalue weighted by Crippen LogP contribution is -2.08. The molecule has 0 aliphatic heterocycles. The molecule has 1 aromatic carbocycles. The first-order valence-corrected chi connectivity index (χ1v) is 8.14. The third-order valence-electron chi connectivity index (χ3n) is 3.83. The van der Waals surface area contributed by atoms with Gasteiger partial charge in [-0.3, -0.25) is 9.48 Å². The molecule has 0 aliphatic rings. The first-order chi connectivity index (χ1) is 13.0. The average molecular weight is 375 g/mol. The van der Waals surface area contributed by atoms with Crippen LogP contribution in [0.2, 0.25) is 0 Å². The quantitative estimate of drug-likeness (QED) is 0.641. The molecule has 0 atom stereocenters. The largest absolute Gasteiger partial charge is 0.330 e. The lowest BCUT2D eigenvalue weighted by Gasteiger charge is -2.08. The van der Waals surface area contributed by atoms with Crippen LogP contribution < -0.4 is 5.73 Å². The number of benzene rings is 1. The van der Waals surface area contributed by atoms with Crippen molar-refractivity contribution in [3.63, 3.8) is 0 Å². The van der Waals surface area contributed by atoms with E-state index in [9.17, 15) is 18.0 Å². The molecular weight excluding hydrogens is 359 g/mol. The van der Waals surface area contributed by atoms with Crippen LogP contribution in [0.3, 0.4) is 0 Å².